The largest absolute Gasteiger partial charge is 0.347 e. The quantitative estimate of drug-likeness (QED) is 0.848. The molecule has 0 spiro atoms. The predicted molar refractivity (Wildman–Crippen MR) is 90.5 cm³/mol. The molecule has 1 aliphatic rings. The average Bonchev–Trinajstić information content (AvgIpc) is 3.24. The van der Waals surface area contributed by atoms with Crippen molar-refractivity contribution in [1.82, 2.24) is 19.4 Å². The highest BCUT2D eigenvalue weighted by molar-refractivity contribution is 5.94. The van der Waals surface area contributed by atoms with Crippen LogP contribution in [0.1, 0.15) is 23.3 Å². The van der Waals surface area contributed by atoms with Crippen LogP contribution in [0, 0.1) is 5.92 Å². The third-order valence-corrected chi connectivity index (χ3v) is 4.05. The van der Waals surface area contributed by atoms with E-state index in [4.69, 9.17) is 0 Å². The van der Waals surface area contributed by atoms with E-state index in [0.717, 1.165) is 23.4 Å². The van der Waals surface area contributed by atoms with Crippen LogP contribution < -0.4 is 4.90 Å². The van der Waals surface area contributed by atoms with Crippen LogP contribution in [0.4, 0.5) is 5.95 Å². The number of carbonyl (C=O) groups excluding carboxylic acids is 1. The molecule has 2 aromatic heterocycles. The van der Waals surface area contributed by atoms with Crippen LogP contribution in [0.15, 0.2) is 24.7 Å². The Bertz CT molecular complexity index is 698. The summed E-state index contributed by atoms with van der Waals surface area (Å²) in [7, 11) is 7.39. The fourth-order valence-corrected chi connectivity index (χ4v) is 2.51. The molecular weight excluding hydrogens is 290 g/mol. The summed E-state index contributed by atoms with van der Waals surface area (Å²) in [4.78, 5) is 24.6. The summed E-state index contributed by atoms with van der Waals surface area (Å²) in [5.74, 6) is 1.41. The van der Waals surface area contributed by atoms with E-state index in [1.165, 1.54) is 12.8 Å². The summed E-state index contributed by atoms with van der Waals surface area (Å²) < 4.78 is 2.08. The Morgan fingerprint density at radius 3 is 2.35 bits per heavy atom. The maximum Gasteiger partial charge on any atom is 0.269 e. The molecule has 0 aliphatic heterocycles. The lowest BCUT2D eigenvalue weighted by Crippen LogP contribution is -2.24. The zero-order chi connectivity index (χ0) is 16.6. The Morgan fingerprint density at radius 2 is 1.83 bits per heavy atom. The molecule has 1 saturated carbocycles. The number of aromatic nitrogens is 3. The van der Waals surface area contributed by atoms with Crippen molar-refractivity contribution in [2.45, 2.75) is 19.4 Å². The minimum Gasteiger partial charge on any atom is -0.347 e. The number of hydrogen-bond donors (Lipinski definition) is 0. The van der Waals surface area contributed by atoms with Crippen LogP contribution in [0.5, 0.6) is 0 Å². The molecule has 122 valence electrons. The van der Waals surface area contributed by atoms with Gasteiger partial charge in [0.25, 0.3) is 5.91 Å². The maximum atomic E-state index is 12.4. The minimum atomic E-state index is 0.0303. The van der Waals surface area contributed by atoms with E-state index >= 15 is 0 Å². The van der Waals surface area contributed by atoms with Crippen molar-refractivity contribution in [3.8, 4) is 11.1 Å². The maximum absolute atomic E-state index is 12.4. The molecule has 3 rings (SSSR count). The van der Waals surface area contributed by atoms with E-state index in [1.807, 2.05) is 43.7 Å². The van der Waals surface area contributed by atoms with Gasteiger partial charge in [-0.25, -0.2) is 9.97 Å². The number of rotatable bonds is 5. The number of hydrogen-bond acceptors (Lipinski definition) is 4. The lowest BCUT2D eigenvalue weighted by molar-refractivity contribution is 0.0816. The molecule has 2 heterocycles. The smallest absolute Gasteiger partial charge is 0.269 e. The van der Waals surface area contributed by atoms with E-state index in [2.05, 4.69) is 14.5 Å². The molecule has 1 fully saturated rings. The van der Waals surface area contributed by atoms with E-state index < -0.39 is 0 Å². The zero-order valence-electron chi connectivity index (χ0n) is 14.2. The molecule has 0 N–H and O–H groups in total. The number of carbonyl (C=O) groups is 1. The van der Waals surface area contributed by atoms with Gasteiger partial charge in [-0.2, -0.15) is 0 Å². The van der Waals surface area contributed by atoms with Crippen molar-refractivity contribution >= 4 is 11.9 Å². The van der Waals surface area contributed by atoms with Crippen molar-refractivity contribution in [2.24, 2.45) is 5.92 Å². The highest BCUT2D eigenvalue weighted by atomic mass is 16.2. The van der Waals surface area contributed by atoms with Crippen LogP contribution >= 0.6 is 0 Å². The molecule has 1 amide bonds. The van der Waals surface area contributed by atoms with E-state index in [0.29, 0.717) is 11.9 Å². The SMILES string of the molecule is CN(C)C(=O)c1cc(-c2cnc(N(C)C)nc2)cn1CC1CC1. The number of anilines is 1. The van der Waals surface area contributed by atoms with Gasteiger partial charge in [0.1, 0.15) is 5.69 Å². The lowest BCUT2D eigenvalue weighted by Gasteiger charge is -2.12. The van der Waals surface area contributed by atoms with Gasteiger partial charge in [-0.1, -0.05) is 0 Å². The van der Waals surface area contributed by atoms with Crippen molar-refractivity contribution in [2.75, 3.05) is 33.1 Å². The summed E-state index contributed by atoms with van der Waals surface area (Å²) in [6.07, 6.45) is 8.17. The third kappa shape index (κ3) is 3.36. The average molecular weight is 313 g/mol. The highest BCUT2D eigenvalue weighted by Crippen LogP contribution is 2.32. The summed E-state index contributed by atoms with van der Waals surface area (Å²) >= 11 is 0. The molecule has 0 radical (unpaired) electrons. The first-order valence-corrected chi connectivity index (χ1v) is 7.87. The van der Waals surface area contributed by atoms with Crippen LogP contribution in [0.2, 0.25) is 0 Å². The molecular formula is C17H23N5O. The van der Waals surface area contributed by atoms with Gasteiger partial charge in [0, 0.05) is 64.5 Å². The van der Waals surface area contributed by atoms with Crippen molar-refractivity contribution in [3.63, 3.8) is 0 Å². The first-order chi connectivity index (χ1) is 11.0. The predicted octanol–water partition coefficient (Wildman–Crippen LogP) is 2.12. The zero-order valence-corrected chi connectivity index (χ0v) is 14.2. The molecule has 0 saturated heterocycles. The second kappa shape index (κ2) is 6.02. The second-order valence-electron chi connectivity index (χ2n) is 6.58. The first kappa shape index (κ1) is 15.5. The van der Waals surface area contributed by atoms with Gasteiger partial charge in [-0.15, -0.1) is 0 Å². The Balaban J connectivity index is 1.93. The van der Waals surface area contributed by atoms with Gasteiger partial charge in [0.15, 0.2) is 0 Å². The van der Waals surface area contributed by atoms with Gasteiger partial charge in [0.2, 0.25) is 5.95 Å². The molecule has 1 aliphatic carbocycles. The van der Waals surface area contributed by atoms with Crippen LogP contribution in [-0.4, -0.2) is 53.5 Å². The van der Waals surface area contributed by atoms with Crippen molar-refractivity contribution < 1.29 is 4.79 Å². The lowest BCUT2D eigenvalue weighted by atomic mass is 10.2. The molecule has 2 aromatic rings. The molecule has 0 bridgehead atoms. The Kier molecular flexibility index (Phi) is 4.07. The van der Waals surface area contributed by atoms with Crippen LogP contribution in [-0.2, 0) is 6.54 Å². The monoisotopic (exact) mass is 313 g/mol. The van der Waals surface area contributed by atoms with Gasteiger partial charge >= 0.3 is 0 Å². The third-order valence-electron chi connectivity index (χ3n) is 4.05. The summed E-state index contributed by atoms with van der Waals surface area (Å²) in [6, 6.07) is 1.94. The number of amides is 1. The van der Waals surface area contributed by atoms with Gasteiger partial charge in [-0.3, -0.25) is 4.79 Å². The standard InChI is InChI=1S/C17H23N5O/c1-20(2)16(23)15-7-13(11-22(15)10-12-5-6-12)14-8-18-17(19-9-14)21(3)4/h7-9,11-12H,5-6,10H2,1-4H3. The molecule has 0 aromatic carbocycles. The molecule has 23 heavy (non-hydrogen) atoms. The Labute approximate surface area is 136 Å². The Hall–Kier alpha value is -2.37. The molecule has 6 heteroatoms. The van der Waals surface area contributed by atoms with E-state index in [9.17, 15) is 4.79 Å². The summed E-state index contributed by atoms with van der Waals surface area (Å²) in [6.45, 7) is 0.908. The van der Waals surface area contributed by atoms with Crippen molar-refractivity contribution in [1.29, 1.82) is 0 Å². The fraction of sp³-hybridized carbons (Fsp3) is 0.471. The second-order valence-corrected chi connectivity index (χ2v) is 6.58. The highest BCUT2D eigenvalue weighted by Gasteiger charge is 2.25. The van der Waals surface area contributed by atoms with Crippen LogP contribution in [0.3, 0.4) is 0 Å². The molecule has 6 nitrogen and oxygen atoms in total. The summed E-state index contributed by atoms with van der Waals surface area (Å²) in [5.41, 5.74) is 2.65. The van der Waals surface area contributed by atoms with Gasteiger partial charge in [-0.05, 0) is 24.8 Å². The van der Waals surface area contributed by atoms with Gasteiger partial charge < -0.3 is 14.4 Å². The van der Waals surface area contributed by atoms with Crippen LogP contribution in [0.25, 0.3) is 11.1 Å². The normalized spacial score (nSPS) is 13.9. The minimum absolute atomic E-state index is 0.0303. The topological polar surface area (TPSA) is 54.3 Å². The van der Waals surface area contributed by atoms with E-state index in [1.54, 1.807) is 19.0 Å². The van der Waals surface area contributed by atoms with Gasteiger partial charge in [0.05, 0.1) is 0 Å². The summed E-state index contributed by atoms with van der Waals surface area (Å²) in [5, 5.41) is 0. The Morgan fingerprint density at radius 1 is 1.17 bits per heavy atom. The molecule has 0 atom stereocenters. The first-order valence-electron chi connectivity index (χ1n) is 7.87. The number of nitrogens with zero attached hydrogens (tertiary/aromatic N) is 5. The fourth-order valence-electron chi connectivity index (χ4n) is 2.51. The van der Waals surface area contributed by atoms with Crippen molar-refractivity contribution in [3.05, 3.63) is 30.4 Å². The van der Waals surface area contributed by atoms with E-state index in [-0.39, 0.29) is 5.91 Å². The molecule has 0 unspecified atom stereocenters.